The van der Waals surface area contributed by atoms with Crippen LogP contribution in [0.5, 0.6) is 0 Å². The van der Waals surface area contributed by atoms with E-state index in [9.17, 15) is 0 Å². The second-order valence-electron chi connectivity index (χ2n) is 5.63. The van der Waals surface area contributed by atoms with Crippen LogP contribution in [0.1, 0.15) is 11.1 Å². The van der Waals surface area contributed by atoms with Gasteiger partial charge in [0.15, 0.2) is 0 Å². The number of aromatic nitrogens is 1. The molecule has 4 nitrogen and oxygen atoms in total. The standard InChI is InChI=1S/C15H21N3OS.ClH/c1-18(2)6-5-12-9-16-15-4-3-11(8-14(12)15)7-13-10-19-20-17-13;/h3-4,8-9,13,16-17H,5-7,10H2,1-2H3;1H/t13-;/m0./s1. The summed E-state index contributed by atoms with van der Waals surface area (Å²) in [4.78, 5) is 5.59. The van der Waals surface area contributed by atoms with Gasteiger partial charge < -0.3 is 9.88 Å². The first-order valence-electron chi connectivity index (χ1n) is 7.00. The van der Waals surface area contributed by atoms with Crippen LogP contribution in [-0.2, 0) is 17.0 Å². The largest absolute Gasteiger partial charge is 0.361 e. The minimum absolute atomic E-state index is 0. The van der Waals surface area contributed by atoms with Crippen molar-refractivity contribution in [3.8, 4) is 0 Å². The van der Waals surface area contributed by atoms with Crippen molar-refractivity contribution >= 4 is 35.5 Å². The first-order chi connectivity index (χ1) is 9.72. The lowest BCUT2D eigenvalue weighted by atomic mass is 10.0. The smallest absolute Gasteiger partial charge is 0.0794 e. The fourth-order valence-corrected chi connectivity index (χ4v) is 3.13. The molecule has 0 saturated carbocycles. The van der Waals surface area contributed by atoms with Crippen molar-refractivity contribution in [2.24, 2.45) is 0 Å². The maximum absolute atomic E-state index is 5.28. The van der Waals surface area contributed by atoms with Crippen LogP contribution in [0.2, 0.25) is 0 Å². The quantitative estimate of drug-likeness (QED) is 0.654. The minimum atomic E-state index is 0. The number of H-pyrrole nitrogens is 1. The van der Waals surface area contributed by atoms with E-state index in [1.54, 1.807) is 0 Å². The molecule has 0 radical (unpaired) electrons. The first-order valence-corrected chi connectivity index (χ1v) is 7.74. The fourth-order valence-electron chi connectivity index (χ4n) is 2.54. The molecule has 2 aromatic rings. The van der Waals surface area contributed by atoms with Crippen LogP contribution in [0.15, 0.2) is 24.4 Å². The summed E-state index contributed by atoms with van der Waals surface area (Å²) in [6, 6.07) is 7.13. The number of nitrogens with one attached hydrogen (secondary N) is 2. The number of aromatic amines is 1. The second kappa shape index (κ2) is 7.51. The maximum Gasteiger partial charge on any atom is 0.0794 e. The highest BCUT2D eigenvalue weighted by Crippen LogP contribution is 2.22. The fraction of sp³-hybridized carbons (Fsp3) is 0.467. The van der Waals surface area contributed by atoms with Crippen molar-refractivity contribution < 1.29 is 4.18 Å². The summed E-state index contributed by atoms with van der Waals surface area (Å²) in [7, 11) is 4.23. The van der Waals surface area contributed by atoms with Crippen LogP contribution < -0.4 is 4.72 Å². The molecule has 0 bridgehead atoms. The number of nitrogens with zero attached hydrogens (tertiary/aromatic N) is 1. The zero-order chi connectivity index (χ0) is 13.9. The SMILES string of the molecule is CN(C)CCc1c[nH]c2ccc(C[C@H]3COSN3)cc12.Cl. The highest BCUT2D eigenvalue weighted by Gasteiger charge is 2.16. The van der Waals surface area contributed by atoms with Crippen molar-refractivity contribution in [2.45, 2.75) is 18.9 Å². The van der Waals surface area contributed by atoms with Crippen LogP contribution in [0.25, 0.3) is 10.9 Å². The normalized spacial score (nSPS) is 18.3. The Kier molecular flexibility index (Phi) is 5.96. The lowest BCUT2D eigenvalue weighted by molar-refractivity contribution is 0.369. The summed E-state index contributed by atoms with van der Waals surface area (Å²) in [6.07, 6.45) is 4.24. The Labute approximate surface area is 136 Å². The van der Waals surface area contributed by atoms with Crippen LogP contribution in [0.4, 0.5) is 0 Å². The molecule has 0 amide bonds. The molecule has 116 valence electrons. The van der Waals surface area contributed by atoms with Gasteiger partial charge in [-0.25, -0.2) is 4.72 Å². The lowest BCUT2D eigenvalue weighted by Gasteiger charge is -2.09. The number of benzene rings is 1. The van der Waals surface area contributed by atoms with Crippen molar-refractivity contribution in [2.75, 3.05) is 27.2 Å². The number of halogens is 1. The molecule has 21 heavy (non-hydrogen) atoms. The number of fused-ring (bicyclic) bond motifs is 1. The van der Waals surface area contributed by atoms with Crippen molar-refractivity contribution in [1.29, 1.82) is 0 Å². The third-order valence-corrected chi connectivity index (χ3v) is 4.37. The molecule has 2 N–H and O–H groups in total. The Bertz CT molecular complexity index is 581. The van der Waals surface area contributed by atoms with E-state index >= 15 is 0 Å². The average molecular weight is 328 g/mol. The van der Waals surface area contributed by atoms with Gasteiger partial charge in [0, 0.05) is 29.7 Å². The molecule has 1 aliphatic rings. The number of rotatable bonds is 5. The van der Waals surface area contributed by atoms with Gasteiger partial charge in [-0.3, -0.25) is 4.18 Å². The van der Waals surface area contributed by atoms with Gasteiger partial charge in [-0.05, 0) is 50.2 Å². The number of likely N-dealkylation sites (N-methyl/N-ethyl adjacent to an activating group) is 1. The predicted molar refractivity (Wildman–Crippen MR) is 92.0 cm³/mol. The van der Waals surface area contributed by atoms with E-state index < -0.39 is 0 Å². The van der Waals surface area contributed by atoms with Gasteiger partial charge in [0.05, 0.1) is 18.8 Å². The molecular formula is C15H22ClN3OS. The monoisotopic (exact) mass is 327 g/mol. The summed E-state index contributed by atoms with van der Waals surface area (Å²) in [5.41, 5.74) is 4.00. The van der Waals surface area contributed by atoms with E-state index in [2.05, 4.69) is 53.1 Å². The summed E-state index contributed by atoms with van der Waals surface area (Å²) >= 11 is 1.36. The highest BCUT2D eigenvalue weighted by molar-refractivity contribution is 7.92. The van der Waals surface area contributed by atoms with Gasteiger partial charge in [0.1, 0.15) is 0 Å². The van der Waals surface area contributed by atoms with Crippen LogP contribution in [-0.4, -0.2) is 43.2 Å². The van der Waals surface area contributed by atoms with Crippen molar-refractivity contribution in [1.82, 2.24) is 14.6 Å². The van der Waals surface area contributed by atoms with E-state index in [4.69, 9.17) is 4.18 Å². The Morgan fingerprint density at radius 3 is 2.95 bits per heavy atom. The van der Waals surface area contributed by atoms with Crippen LogP contribution in [0, 0.1) is 0 Å². The first kappa shape index (κ1) is 16.6. The third kappa shape index (κ3) is 4.14. The molecule has 3 rings (SSSR count). The summed E-state index contributed by atoms with van der Waals surface area (Å²) < 4.78 is 8.57. The van der Waals surface area contributed by atoms with Crippen molar-refractivity contribution in [3.05, 3.63) is 35.5 Å². The third-order valence-electron chi connectivity index (χ3n) is 3.69. The maximum atomic E-state index is 5.28. The molecule has 1 atom stereocenters. The molecule has 0 unspecified atom stereocenters. The lowest BCUT2D eigenvalue weighted by Crippen LogP contribution is -2.22. The second-order valence-corrected chi connectivity index (χ2v) is 6.27. The van der Waals surface area contributed by atoms with E-state index in [-0.39, 0.29) is 12.4 Å². The van der Waals surface area contributed by atoms with E-state index in [0.29, 0.717) is 6.04 Å². The Hall–Kier alpha value is -0.720. The van der Waals surface area contributed by atoms with E-state index in [0.717, 1.165) is 26.0 Å². The molecule has 1 saturated heterocycles. The average Bonchev–Trinajstić information content (AvgIpc) is 3.05. The van der Waals surface area contributed by atoms with Gasteiger partial charge in [-0.2, -0.15) is 0 Å². The minimum Gasteiger partial charge on any atom is -0.361 e. The summed E-state index contributed by atoms with van der Waals surface area (Å²) in [6.45, 7) is 1.86. The van der Waals surface area contributed by atoms with Gasteiger partial charge in [-0.15, -0.1) is 12.4 Å². The Morgan fingerprint density at radius 1 is 1.38 bits per heavy atom. The van der Waals surface area contributed by atoms with E-state index in [1.807, 2.05) is 0 Å². The van der Waals surface area contributed by atoms with Gasteiger partial charge in [-0.1, -0.05) is 6.07 Å². The molecule has 0 spiro atoms. The van der Waals surface area contributed by atoms with Crippen LogP contribution in [0.3, 0.4) is 0 Å². The molecule has 1 fully saturated rings. The molecule has 1 aromatic carbocycles. The molecule has 1 aromatic heterocycles. The van der Waals surface area contributed by atoms with Crippen molar-refractivity contribution in [3.63, 3.8) is 0 Å². The zero-order valence-corrected chi connectivity index (χ0v) is 14.0. The molecule has 2 heterocycles. The molecule has 0 aliphatic carbocycles. The summed E-state index contributed by atoms with van der Waals surface area (Å²) in [5, 5.41) is 1.36. The molecular weight excluding hydrogens is 306 g/mol. The number of hydrogen-bond acceptors (Lipinski definition) is 4. The molecule has 6 heteroatoms. The zero-order valence-electron chi connectivity index (χ0n) is 12.4. The summed E-state index contributed by atoms with van der Waals surface area (Å²) in [5.74, 6) is 0. The van der Waals surface area contributed by atoms with Gasteiger partial charge in [0.2, 0.25) is 0 Å². The Balaban J connectivity index is 0.00000161. The number of hydrogen-bond donors (Lipinski definition) is 2. The highest BCUT2D eigenvalue weighted by atomic mass is 35.5. The van der Waals surface area contributed by atoms with Gasteiger partial charge >= 0.3 is 0 Å². The van der Waals surface area contributed by atoms with Crippen LogP contribution >= 0.6 is 24.6 Å². The van der Waals surface area contributed by atoms with Gasteiger partial charge in [0.25, 0.3) is 0 Å². The molecule has 1 aliphatic heterocycles. The van der Waals surface area contributed by atoms with E-state index in [1.165, 1.54) is 34.3 Å². The predicted octanol–water partition coefficient (Wildman–Crippen LogP) is 2.79. The Morgan fingerprint density at radius 2 is 2.24 bits per heavy atom. The topological polar surface area (TPSA) is 40.3 Å².